The number of aromatic amines is 1. The van der Waals surface area contributed by atoms with Crippen LogP contribution < -0.4 is 11.3 Å². The monoisotopic (exact) mass is 378 g/mol. The number of fused-ring (bicyclic) bond motifs is 3. The van der Waals surface area contributed by atoms with E-state index in [9.17, 15) is 9.90 Å². The van der Waals surface area contributed by atoms with Crippen molar-refractivity contribution in [3.05, 3.63) is 63.3 Å². The number of nitrogens with two attached hydrogens (primary N) is 1. The van der Waals surface area contributed by atoms with Crippen LogP contribution in [0.5, 0.6) is 5.75 Å². The highest BCUT2D eigenvalue weighted by Crippen LogP contribution is 2.41. The van der Waals surface area contributed by atoms with E-state index in [1.807, 2.05) is 49.6 Å². The van der Waals surface area contributed by atoms with Crippen LogP contribution in [0.3, 0.4) is 0 Å². The highest BCUT2D eigenvalue weighted by Gasteiger charge is 2.18. The maximum Gasteiger partial charge on any atom is 0.266 e. The molecule has 2 aromatic heterocycles. The van der Waals surface area contributed by atoms with Crippen LogP contribution in [0.2, 0.25) is 0 Å². The Balaban J connectivity index is 2.04. The summed E-state index contributed by atoms with van der Waals surface area (Å²) >= 11 is 1.42. The van der Waals surface area contributed by atoms with Gasteiger partial charge in [0.25, 0.3) is 5.56 Å². The van der Waals surface area contributed by atoms with E-state index in [1.54, 1.807) is 6.07 Å². The third kappa shape index (κ3) is 3.03. The number of aryl methyl sites for hydroxylation is 1. The molecule has 0 spiro atoms. The van der Waals surface area contributed by atoms with E-state index in [-0.39, 0.29) is 17.4 Å². The zero-order chi connectivity index (χ0) is 19.1. The molecule has 0 saturated carbocycles. The number of H-pyrrole nitrogens is 1. The van der Waals surface area contributed by atoms with E-state index in [0.717, 1.165) is 51.4 Å². The number of aromatic hydroxyl groups is 1. The van der Waals surface area contributed by atoms with Crippen LogP contribution in [-0.4, -0.2) is 16.1 Å². The molecule has 0 radical (unpaired) electrons. The van der Waals surface area contributed by atoms with Gasteiger partial charge >= 0.3 is 0 Å². The zero-order valence-corrected chi connectivity index (χ0v) is 16.2. The predicted molar refractivity (Wildman–Crippen MR) is 114 cm³/mol. The van der Waals surface area contributed by atoms with Gasteiger partial charge in [0.05, 0.1) is 5.52 Å². The lowest BCUT2D eigenvalue weighted by Gasteiger charge is -2.15. The smallest absolute Gasteiger partial charge is 0.266 e. The Kier molecular flexibility index (Phi) is 4.50. The van der Waals surface area contributed by atoms with Gasteiger partial charge in [0.2, 0.25) is 0 Å². The Hall–Kier alpha value is -2.63. The minimum absolute atomic E-state index is 0.0777. The van der Waals surface area contributed by atoms with E-state index in [2.05, 4.69) is 4.98 Å². The van der Waals surface area contributed by atoms with Crippen molar-refractivity contribution in [2.45, 2.75) is 32.7 Å². The van der Waals surface area contributed by atoms with Gasteiger partial charge in [0.1, 0.15) is 10.4 Å². The number of aromatic nitrogens is 1. The average Bonchev–Trinajstić information content (AvgIpc) is 3.13. The van der Waals surface area contributed by atoms with Gasteiger partial charge in [-0.25, -0.2) is 0 Å². The molecule has 5 heteroatoms. The topological polar surface area (TPSA) is 79.1 Å². The van der Waals surface area contributed by atoms with E-state index in [1.165, 1.54) is 11.3 Å². The number of hydrogen-bond acceptors (Lipinski definition) is 4. The summed E-state index contributed by atoms with van der Waals surface area (Å²) in [4.78, 5) is 15.5. The maximum atomic E-state index is 12.5. The number of phenolic OH excluding ortho intramolecular Hbond substituents is 1. The van der Waals surface area contributed by atoms with Crippen molar-refractivity contribution in [3.63, 3.8) is 0 Å². The largest absolute Gasteiger partial charge is 0.507 e. The summed E-state index contributed by atoms with van der Waals surface area (Å²) in [6.07, 6.45) is 1.53. The SMILES string of the molecule is CCc1cc(O)c(-c2ccc(CC(C)N)cc2)c2c1[nH]c(=O)c1sccc12. The Morgan fingerprint density at radius 1 is 1.22 bits per heavy atom. The highest BCUT2D eigenvalue weighted by atomic mass is 32.1. The minimum atomic E-state index is -0.0777. The summed E-state index contributed by atoms with van der Waals surface area (Å²) in [5, 5.41) is 14.6. The van der Waals surface area contributed by atoms with Crippen LogP contribution in [0.25, 0.3) is 32.1 Å². The molecule has 0 aliphatic carbocycles. The van der Waals surface area contributed by atoms with Crippen LogP contribution in [0, 0.1) is 0 Å². The Morgan fingerprint density at radius 3 is 2.63 bits per heavy atom. The molecule has 138 valence electrons. The molecule has 1 atom stereocenters. The number of rotatable bonds is 4. The van der Waals surface area contributed by atoms with Crippen molar-refractivity contribution < 1.29 is 5.11 Å². The van der Waals surface area contributed by atoms with Crippen molar-refractivity contribution in [1.82, 2.24) is 4.98 Å². The molecule has 4 aromatic rings. The van der Waals surface area contributed by atoms with Gasteiger partial charge in [-0.1, -0.05) is 31.2 Å². The Labute approximate surface area is 161 Å². The zero-order valence-electron chi connectivity index (χ0n) is 15.4. The number of thiophene rings is 1. The van der Waals surface area contributed by atoms with Crippen molar-refractivity contribution in [1.29, 1.82) is 0 Å². The first-order chi connectivity index (χ1) is 13.0. The van der Waals surface area contributed by atoms with Crippen molar-refractivity contribution in [3.8, 4) is 16.9 Å². The fourth-order valence-corrected chi connectivity index (χ4v) is 4.53. The summed E-state index contributed by atoms with van der Waals surface area (Å²) in [6.45, 7) is 4.01. The fraction of sp³-hybridized carbons (Fsp3) is 0.227. The van der Waals surface area contributed by atoms with Gasteiger partial charge in [0, 0.05) is 22.4 Å². The van der Waals surface area contributed by atoms with E-state index >= 15 is 0 Å². The lowest BCUT2D eigenvalue weighted by atomic mass is 9.93. The maximum absolute atomic E-state index is 12.5. The lowest BCUT2D eigenvalue weighted by molar-refractivity contribution is 0.477. The normalized spacial score (nSPS) is 12.7. The molecule has 1 unspecified atom stereocenters. The first kappa shape index (κ1) is 17.8. The second-order valence-electron chi connectivity index (χ2n) is 7.03. The number of benzene rings is 2. The molecule has 27 heavy (non-hydrogen) atoms. The summed E-state index contributed by atoms with van der Waals surface area (Å²) < 4.78 is 0.685. The quantitative estimate of drug-likeness (QED) is 0.487. The summed E-state index contributed by atoms with van der Waals surface area (Å²) in [5.41, 5.74) is 10.4. The third-order valence-electron chi connectivity index (χ3n) is 4.95. The average molecular weight is 378 g/mol. The first-order valence-electron chi connectivity index (χ1n) is 9.12. The standard InChI is InChI=1S/C22H22N2O2S/c1-3-14-11-17(25)18(15-6-4-13(5-7-15)10-12(2)23)19-16-8-9-27-21(16)22(26)24-20(14)19/h4-9,11-12,25H,3,10,23H2,1-2H3,(H,24,26). The second-order valence-corrected chi connectivity index (χ2v) is 7.95. The van der Waals surface area contributed by atoms with Crippen molar-refractivity contribution in [2.24, 2.45) is 5.73 Å². The van der Waals surface area contributed by atoms with Gasteiger partial charge < -0.3 is 15.8 Å². The van der Waals surface area contributed by atoms with Gasteiger partial charge in [-0.3, -0.25) is 4.79 Å². The molecular formula is C22H22N2O2S. The minimum Gasteiger partial charge on any atom is -0.507 e. The van der Waals surface area contributed by atoms with Crippen LogP contribution in [0.15, 0.2) is 46.6 Å². The summed E-state index contributed by atoms with van der Waals surface area (Å²) in [5.74, 6) is 0.235. The summed E-state index contributed by atoms with van der Waals surface area (Å²) in [7, 11) is 0. The molecule has 2 aromatic carbocycles. The summed E-state index contributed by atoms with van der Waals surface area (Å²) in [6, 6.07) is 12.0. The van der Waals surface area contributed by atoms with Gasteiger partial charge in [-0.15, -0.1) is 11.3 Å². The van der Waals surface area contributed by atoms with Crippen molar-refractivity contribution >= 4 is 32.3 Å². The molecule has 4 N–H and O–H groups in total. The number of phenols is 1. The number of nitrogens with one attached hydrogen (secondary N) is 1. The predicted octanol–water partition coefficient (Wildman–Crippen LogP) is 4.57. The van der Waals surface area contributed by atoms with Crippen LogP contribution >= 0.6 is 11.3 Å². The molecule has 2 heterocycles. The lowest BCUT2D eigenvalue weighted by Crippen LogP contribution is -2.17. The number of hydrogen-bond donors (Lipinski definition) is 3. The first-order valence-corrected chi connectivity index (χ1v) is 10.0. The molecular weight excluding hydrogens is 356 g/mol. The van der Waals surface area contributed by atoms with E-state index in [4.69, 9.17) is 5.73 Å². The molecule has 0 saturated heterocycles. The van der Waals surface area contributed by atoms with Gasteiger partial charge in [0.15, 0.2) is 0 Å². The van der Waals surface area contributed by atoms with Crippen molar-refractivity contribution in [2.75, 3.05) is 0 Å². The molecule has 0 aliphatic rings. The van der Waals surface area contributed by atoms with Gasteiger partial charge in [-0.05, 0) is 54.0 Å². The highest BCUT2D eigenvalue weighted by molar-refractivity contribution is 7.17. The fourth-order valence-electron chi connectivity index (χ4n) is 3.74. The van der Waals surface area contributed by atoms with Crippen LogP contribution in [0.1, 0.15) is 25.0 Å². The van der Waals surface area contributed by atoms with Crippen LogP contribution in [0.4, 0.5) is 0 Å². The molecule has 0 amide bonds. The Morgan fingerprint density at radius 2 is 1.96 bits per heavy atom. The third-order valence-corrected chi connectivity index (χ3v) is 5.86. The van der Waals surface area contributed by atoms with Crippen LogP contribution in [-0.2, 0) is 12.8 Å². The molecule has 0 fully saturated rings. The number of pyridine rings is 1. The van der Waals surface area contributed by atoms with Gasteiger partial charge in [-0.2, -0.15) is 0 Å². The Bertz CT molecular complexity index is 1190. The molecule has 0 bridgehead atoms. The second kappa shape index (κ2) is 6.83. The van der Waals surface area contributed by atoms with E-state index in [0.29, 0.717) is 4.70 Å². The molecule has 4 nitrogen and oxygen atoms in total. The molecule has 0 aliphatic heterocycles. The molecule has 4 rings (SSSR count). The van der Waals surface area contributed by atoms with E-state index < -0.39 is 0 Å².